The summed E-state index contributed by atoms with van der Waals surface area (Å²) in [5, 5.41) is 0.507. The average Bonchev–Trinajstić information content (AvgIpc) is 3.01. The minimum absolute atomic E-state index is 0.143. The fraction of sp³-hybridized carbons (Fsp3) is 0.316. The van der Waals surface area contributed by atoms with Crippen LogP contribution in [-0.2, 0) is 13.6 Å². The van der Waals surface area contributed by atoms with Crippen molar-refractivity contribution in [2.45, 2.75) is 13.5 Å². The Morgan fingerprint density at radius 2 is 1.96 bits per heavy atom. The molecule has 0 aliphatic carbocycles. The van der Waals surface area contributed by atoms with E-state index in [4.69, 9.17) is 9.47 Å². The van der Waals surface area contributed by atoms with Gasteiger partial charge >= 0.3 is 0 Å². The van der Waals surface area contributed by atoms with Crippen molar-refractivity contribution >= 4 is 27.5 Å². The Kier molecular flexibility index (Phi) is 5.18. The SMILES string of the molecule is COc1ccc(CN(C)C(=O)c2sc3ncn(C)c(=O)c3c2C)cc1OC. The first-order chi connectivity index (χ1) is 12.9. The lowest BCUT2D eigenvalue weighted by Gasteiger charge is -2.18. The molecule has 27 heavy (non-hydrogen) atoms. The summed E-state index contributed by atoms with van der Waals surface area (Å²) in [6, 6.07) is 5.54. The van der Waals surface area contributed by atoms with Gasteiger partial charge in [-0.25, -0.2) is 4.98 Å². The van der Waals surface area contributed by atoms with Crippen molar-refractivity contribution in [2.75, 3.05) is 21.3 Å². The number of thiophene rings is 1. The largest absolute Gasteiger partial charge is 0.493 e. The van der Waals surface area contributed by atoms with Crippen LogP contribution in [0.1, 0.15) is 20.8 Å². The average molecular weight is 387 g/mol. The van der Waals surface area contributed by atoms with Crippen LogP contribution in [0, 0.1) is 6.92 Å². The first-order valence-electron chi connectivity index (χ1n) is 8.28. The summed E-state index contributed by atoms with van der Waals surface area (Å²) in [5.74, 6) is 1.10. The third kappa shape index (κ3) is 3.40. The first-order valence-corrected chi connectivity index (χ1v) is 9.10. The van der Waals surface area contributed by atoms with E-state index >= 15 is 0 Å². The molecule has 0 radical (unpaired) electrons. The van der Waals surface area contributed by atoms with Gasteiger partial charge in [-0.1, -0.05) is 6.07 Å². The zero-order valence-electron chi connectivity index (χ0n) is 15.9. The molecule has 0 bridgehead atoms. The molecule has 1 aromatic carbocycles. The summed E-state index contributed by atoms with van der Waals surface area (Å²) >= 11 is 1.25. The highest BCUT2D eigenvalue weighted by Gasteiger charge is 2.22. The quantitative estimate of drug-likeness (QED) is 0.673. The van der Waals surface area contributed by atoms with Crippen LogP contribution in [-0.4, -0.2) is 41.6 Å². The predicted molar refractivity (Wildman–Crippen MR) is 105 cm³/mol. The smallest absolute Gasteiger partial charge is 0.264 e. The lowest BCUT2D eigenvalue weighted by Crippen LogP contribution is -2.26. The van der Waals surface area contributed by atoms with Crippen LogP contribution in [0.2, 0.25) is 0 Å². The second kappa shape index (κ2) is 7.40. The number of hydrogen-bond acceptors (Lipinski definition) is 6. The summed E-state index contributed by atoms with van der Waals surface area (Å²) in [4.78, 5) is 32.3. The molecule has 142 valence electrons. The summed E-state index contributed by atoms with van der Waals surface area (Å²) in [7, 11) is 6.53. The molecular formula is C19H21N3O4S. The van der Waals surface area contributed by atoms with Gasteiger partial charge in [-0.2, -0.15) is 0 Å². The van der Waals surface area contributed by atoms with Crippen molar-refractivity contribution in [1.29, 1.82) is 0 Å². The van der Waals surface area contributed by atoms with E-state index in [0.29, 0.717) is 38.7 Å². The van der Waals surface area contributed by atoms with Gasteiger partial charge in [-0.15, -0.1) is 11.3 Å². The molecular weight excluding hydrogens is 366 g/mol. The van der Waals surface area contributed by atoms with E-state index in [1.54, 1.807) is 40.1 Å². The number of methoxy groups -OCH3 is 2. The molecule has 1 amide bonds. The molecule has 3 aromatic rings. The van der Waals surface area contributed by atoms with Crippen molar-refractivity contribution in [3.8, 4) is 11.5 Å². The number of ether oxygens (including phenoxy) is 2. The number of benzene rings is 1. The van der Waals surface area contributed by atoms with E-state index in [-0.39, 0.29) is 11.5 Å². The van der Waals surface area contributed by atoms with Crippen molar-refractivity contribution in [1.82, 2.24) is 14.5 Å². The number of hydrogen-bond donors (Lipinski definition) is 0. The standard InChI is InChI=1S/C19H21N3O4S/c1-11-15-17(20-10-22(3)18(15)23)27-16(11)19(24)21(2)9-12-6-7-13(25-4)14(8-12)26-5/h6-8,10H,9H2,1-5H3. The Labute approximate surface area is 160 Å². The highest BCUT2D eigenvalue weighted by molar-refractivity contribution is 7.20. The number of carbonyl (C=O) groups excluding carboxylic acids is 1. The van der Waals surface area contributed by atoms with Gasteiger partial charge in [0, 0.05) is 20.6 Å². The number of aromatic nitrogens is 2. The summed E-state index contributed by atoms with van der Waals surface area (Å²) in [6.07, 6.45) is 1.47. The van der Waals surface area contributed by atoms with Crippen LogP contribution >= 0.6 is 11.3 Å². The van der Waals surface area contributed by atoms with Gasteiger partial charge in [-0.05, 0) is 30.2 Å². The van der Waals surface area contributed by atoms with E-state index in [1.165, 1.54) is 22.2 Å². The second-order valence-electron chi connectivity index (χ2n) is 6.25. The fourth-order valence-electron chi connectivity index (χ4n) is 2.91. The van der Waals surface area contributed by atoms with Crippen molar-refractivity contribution < 1.29 is 14.3 Å². The topological polar surface area (TPSA) is 73.7 Å². The van der Waals surface area contributed by atoms with E-state index in [1.807, 2.05) is 18.2 Å². The zero-order valence-corrected chi connectivity index (χ0v) is 16.7. The first kappa shape index (κ1) is 18.9. The van der Waals surface area contributed by atoms with Gasteiger partial charge < -0.3 is 18.9 Å². The normalized spacial score (nSPS) is 10.9. The molecule has 0 unspecified atom stereocenters. The molecule has 0 spiro atoms. The van der Waals surface area contributed by atoms with Gasteiger partial charge in [0.25, 0.3) is 11.5 Å². The molecule has 0 aliphatic rings. The highest BCUT2D eigenvalue weighted by atomic mass is 32.1. The third-order valence-electron chi connectivity index (χ3n) is 4.42. The van der Waals surface area contributed by atoms with Gasteiger partial charge in [0.1, 0.15) is 4.83 Å². The number of aryl methyl sites for hydroxylation is 2. The predicted octanol–water partition coefficient (Wildman–Crippen LogP) is 2.59. The van der Waals surface area contributed by atoms with Crippen LogP contribution in [0.4, 0.5) is 0 Å². The Bertz CT molecular complexity index is 1070. The molecule has 8 heteroatoms. The van der Waals surface area contributed by atoms with Crippen LogP contribution in [0.5, 0.6) is 11.5 Å². The maximum Gasteiger partial charge on any atom is 0.264 e. The van der Waals surface area contributed by atoms with Gasteiger partial charge in [0.05, 0.1) is 30.8 Å². The Hall–Kier alpha value is -2.87. The molecule has 2 aromatic heterocycles. The Balaban J connectivity index is 1.90. The number of fused-ring (bicyclic) bond motifs is 1. The lowest BCUT2D eigenvalue weighted by molar-refractivity contribution is 0.0789. The number of amides is 1. The maximum absolute atomic E-state index is 13.0. The summed E-state index contributed by atoms with van der Waals surface area (Å²) in [6.45, 7) is 2.19. The van der Waals surface area contributed by atoms with Crippen LogP contribution in [0.25, 0.3) is 10.2 Å². The van der Waals surface area contributed by atoms with Crippen molar-refractivity contribution in [3.63, 3.8) is 0 Å². The highest BCUT2D eigenvalue weighted by Crippen LogP contribution is 2.30. The van der Waals surface area contributed by atoms with E-state index < -0.39 is 0 Å². The molecule has 0 fully saturated rings. The van der Waals surface area contributed by atoms with Crippen LogP contribution < -0.4 is 15.0 Å². The van der Waals surface area contributed by atoms with E-state index in [0.717, 1.165) is 5.56 Å². The van der Waals surface area contributed by atoms with Gasteiger partial charge in [0.2, 0.25) is 0 Å². The van der Waals surface area contributed by atoms with E-state index in [2.05, 4.69) is 4.98 Å². The second-order valence-corrected chi connectivity index (χ2v) is 7.25. The maximum atomic E-state index is 13.0. The minimum atomic E-state index is -0.146. The van der Waals surface area contributed by atoms with Crippen molar-refractivity contribution in [3.05, 3.63) is 50.9 Å². The fourth-order valence-corrected chi connectivity index (χ4v) is 4.04. The third-order valence-corrected chi connectivity index (χ3v) is 5.61. The Morgan fingerprint density at radius 3 is 2.63 bits per heavy atom. The molecule has 3 rings (SSSR count). The molecule has 2 heterocycles. The number of rotatable bonds is 5. The molecule has 0 atom stereocenters. The van der Waals surface area contributed by atoms with Crippen molar-refractivity contribution in [2.24, 2.45) is 7.05 Å². The molecule has 0 N–H and O–H groups in total. The monoisotopic (exact) mass is 387 g/mol. The lowest BCUT2D eigenvalue weighted by atomic mass is 10.1. The Morgan fingerprint density at radius 1 is 1.26 bits per heavy atom. The molecule has 0 aliphatic heterocycles. The van der Waals surface area contributed by atoms with E-state index in [9.17, 15) is 9.59 Å². The summed E-state index contributed by atoms with van der Waals surface area (Å²) < 4.78 is 12.0. The zero-order chi connectivity index (χ0) is 19.7. The minimum Gasteiger partial charge on any atom is -0.493 e. The van der Waals surface area contributed by atoms with Gasteiger partial charge in [0.15, 0.2) is 11.5 Å². The van der Waals surface area contributed by atoms with Crippen LogP contribution in [0.15, 0.2) is 29.3 Å². The number of nitrogens with zero attached hydrogens (tertiary/aromatic N) is 3. The molecule has 7 nitrogen and oxygen atoms in total. The molecule has 0 saturated carbocycles. The summed E-state index contributed by atoms with van der Waals surface area (Å²) in [5.41, 5.74) is 1.44. The van der Waals surface area contributed by atoms with Gasteiger partial charge in [-0.3, -0.25) is 9.59 Å². The number of carbonyl (C=O) groups is 1. The van der Waals surface area contributed by atoms with Crippen LogP contribution in [0.3, 0.4) is 0 Å². The molecule has 0 saturated heterocycles.